The number of fused-ring (bicyclic) bond motifs is 1. The van der Waals surface area contributed by atoms with Crippen molar-refractivity contribution in [1.29, 1.82) is 0 Å². The molecule has 1 saturated carbocycles. The van der Waals surface area contributed by atoms with Crippen molar-refractivity contribution in [1.82, 2.24) is 15.1 Å². The van der Waals surface area contributed by atoms with Crippen molar-refractivity contribution in [3.8, 4) is 0 Å². The second-order valence-corrected chi connectivity index (χ2v) is 13.9. The van der Waals surface area contributed by atoms with Crippen LogP contribution in [0.3, 0.4) is 0 Å². The number of ether oxygens (including phenoxy) is 1. The maximum absolute atomic E-state index is 14.3. The number of piperidine rings is 1. The van der Waals surface area contributed by atoms with Crippen LogP contribution in [0.2, 0.25) is 5.02 Å². The Morgan fingerprint density at radius 3 is 2.56 bits per heavy atom. The van der Waals surface area contributed by atoms with Crippen LogP contribution < -0.4 is 10.6 Å². The van der Waals surface area contributed by atoms with E-state index in [1.54, 1.807) is 29.2 Å². The van der Waals surface area contributed by atoms with Crippen LogP contribution in [-0.2, 0) is 19.1 Å². The lowest BCUT2D eigenvalue weighted by Crippen LogP contribution is -2.58. The van der Waals surface area contributed by atoms with Crippen LogP contribution in [0.4, 0.5) is 5.69 Å². The van der Waals surface area contributed by atoms with Crippen molar-refractivity contribution in [3.63, 3.8) is 0 Å². The molecule has 2 bridgehead atoms. The number of carbonyl (C=O) groups is 3. The molecule has 4 fully saturated rings. The molecule has 236 valence electrons. The van der Waals surface area contributed by atoms with Crippen LogP contribution >= 0.6 is 24.0 Å². The Morgan fingerprint density at radius 2 is 1.81 bits per heavy atom. The van der Waals surface area contributed by atoms with Gasteiger partial charge in [-0.3, -0.25) is 14.4 Å². The van der Waals surface area contributed by atoms with Gasteiger partial charge in [0.05, 0.1) is 17.9 Å². The van der Waals surface area contributed by atoms with Crippen molar-refractivity contribution in [3.05, 3.63) is 41.4 Å². The zero-order chi connectivity index (χ0) is 29.6. The Morgan fingerprint density at radius 1 is 1.05 bits per heavy atom. The topological polar surface area (TPSA) is 91.0 Å². The molecule has 10 heteroatoms. The van der Waals surface area contributed by atoms with Crippen molar-refractivity contribution in [2.24, 2.45) is 29.6 Å². The van der Waals surface area contributed by atoms with Crippen molar-refractivity contribution >= 4 is 47.4 Å². The summed E-state index contributed by atoms with van der Waals surface area (Å²) in [5.41, 5.74) is -0.533. The van der Waals surface area contributed by atoms with Gasteiger partial charge in [0, 0.05) is 29.8 Å². The highest BCUT2D eigenvalue weighted by atomic mass is 35.5. The predicted molar refractivity (Wildman–Crippen MR) is 170 cm³/mol. The number of likely N-dealkylation sites (tertiary alicyclic amines) is 2. The fourth-order valence-corrected chi connectivity index (χ4v) is 8.39. The van der Waals surface area contributed by atoms with Gasteiger partial charge in [0.2, 0.25) is 17.7 Å². The van der Waals surface area contributed by atoms with E-state index in [9.17, 15) is 14.4 Å². The number of nitrogens with zero attached hydrogens (tertiary/aromatic N) is 2. The Hall–Kier alpha value is -2.13. The molecule has 5 aliphatic rings. The molecular weight excluding hydrogens is 587 g/mol. The maximum Gasteiger partial charge on any atom is 0.246 e. The fourth-order valence-electron chi connectivity index (χ4n) is 8.27. The molecule has 43 heavy (non-hydrogen) atoms. The second kappa shape index (κ2) is 13.1. The van der Waals surface area contributed by atoms with Crippen molar-refractivity contribution in [2.75, 3.05) is 31.5 Å². The summed E-state index contributed by atoms with van der Waals surface area (Å²) in [7, 11) is 0. The van der Waals surface area contributed by atoms with Gasteiger partial charge in [-0.1, -0.05) is 57.4 Å². The average Bonchev–Trinajstić information content (AvgIpc) is 3.60. The summed E-state index contributed by atoms with van der Waals surface area (Å²) in [4.78, 5) is 46.3. The quantitative estimate of drug-likeness (QED) is 0.397. The molecule has 2 N–H and O–H groups in total. The maximum atomic E-state index is 14.3. The number of halogens is 2. The number of benzene rings is 1. The lowest BCUT2D eigenvalue weighted by atomic mass is 9.73. The Bertz CT molecular complexity index is 1230. The first kappa shape index (κ1) is 32.3. The number of hydrogen-bond donors (Lipinski definition) is 2. The molecule has 8 nitrogen and oxygen atoms in total. The monoisotopic (exact) mass is 632 g/mol. The summed E-state index contributed by atoms with van der Waals surface area (Å²) in [6, 6.07) is 6.19. The number of nitrogens with one attached hydrogen (secondary N) is 2. The molecule has 9 atom stereocenters. The van der Waals surface area contributed by atoms with Gasteiger partial charge in [-0.25, -0.2) is 0 Å². The summed E-state index contributed by atoms with van der Waals surface area (Å²) in [6.07, 6.45) is 9.64. The molecule has 1 aromatic rings. The van der Waals surface area contributed by atoms with E-state index in [0.29, 0.717) is 35.0 Å². The molecule has 9 unspecified atom stereocenters. The van der Waals surface area contributed by atoms with Gasteiger partial charge < -0.3 is 25.2 Å². The van der Waals surface area contributed by atoms with Gasteiger partial charge in [-0.2, -0.15) is 0 Å². The average molecular weight is 634 g/mol. The third-order valence-electron chi connectivity index (χ3n) is 10.7. The van der Waals surface area contributed by atoms with Crippen molar-refractivity contribution in [2.45, 2.75) is 83.1 Å². The number of carbonyl (C=O) groups excluding carboxylic acids is 3. The first-order valence-corrected chi connectivity index (χ1v) is 16.3. The van der Waals surface area contributed by atoms with E-state index in [4.69, 9.17) is 16.3 Å². The minimum atomic E-state index is -1.14. The Balaban J connectivity index is 0.00000368. The standard InChI is InChI=1S/C33H45ClN4O4.ClH/c1-20-7-5-16-37(19-20)17-6-18-38-29(31(40)36-25-9-4-8-21(2)22(25)3)33-15-14-26(42-33)27(28(33)32(38)41)30(39)35-24-12-10-23(34)11-13-24;/h10-15,20-22,25-29H,4-9,16-19H2,1-3H3,(H,35,39)(H,36,40);1H. The van der Waals surface area contributed by atoms with Crippen molar-refractivity contribution < 1.29 is 19.1 Å². The van der Waals surface area contributed by atoms with Gasteiger partial charge in [0.15, 0.2) is 0 Å². The number of anilines is 1. The molecule has 4 heterocycles. The Kier molecular flexibility index (Phi) is 9.81. The minimum Gasteiger partial charge on any atom is -0.359 e. The van der Waals surface area contributed by atoms with E-state index in [1.165, 1.54) is 19.3 Å². The third kappa shape index (κ3) is 6.09. The molecule has 1 spiro atoms. The largest absolute Gasteiger partial charge is 0.359 e. The SMILES string of the molecule is CC1CCCN(CCCN2C(=O)C3C(C(=O)Nc4ccc(Cl)cc4)C4C=CC3(O4)C2C(=O)NC2CCCC(C)C2C)C1.Cl. The van der Waals surface area contributed by atoms with E-state index < -0.39 is 29.6 Å². The highest BCUT2D eigenvalue weighted by Crippen LogP contribution is 2.55. The molecule has 6 rings (SSSR count). The van der Waals surface area contributed by atoms with Crippen LogP contribution in [0.5, 0.6) is 0 Å². The molecule has 0 radical (unpaired) electrons. The summed E-state index contributed by atoms with van der Waals surface area (Å²) in [5, 5.41) is 6.89. The Labute approximate surface area is 266 Å². The predicted octanol–water partition coefficient (Wildman–Crippen LogP) is 4.91. The smallest absolute Gasteiger partial charge is 0.246 e. The number of hydrogen-bond acceptors (Lipinski definition) is 5. The van der Waals surface area contributed by atoms with Gasteiger partial charge in [-0.05, 0) is 80.8 Å². The zero-order valence-electron chi connectivity index (χ0n) is 25.5. The van der Waals surface area contributed by atoms with Crippen LogP contribution in [0.15, 0.2) is 36.4 Å². The van der Waals surface area contributed by atoms with Gasteiger partial charge in [0.25, 0.3) is 0 Å². The molecule has 1 aromatic carbocycles. The van der Waals surface area contributed by atoms with Gasteiger partial charge in [0.1, 0.15) is 11.6 Å². The first-order valence-electron chi connectivity index (χ1n) is 15.9. The highest BCUT2D eigenvalue weighted by Gasteiger charge is 2.72. The molecule has 3 amide bonds. The van der Waals surface area contributed by atoms with E-state index in [2.05, 4.69) is 36.3 Å². The van der Waals surface area contributed by atoms with Crippen LogP contribution in [0, 0.1) is 29.6 Å². The number of rotatable bonds is 8. The van der Waals surface area contributed by atoms with E-state index in [0.717, 1.165) is 38.9 Å². The third-order valence-corrected chi connectivity index (χ3v) is 10.9. The van der Waals surface area contributed by atoms with Gasteiger partial charge in [-0.15, -0.1) is 12.4 Å². The second-order valence-electron chi connectivity index (χ2n) is 13.5. The summed E-state index contributed by atoms with van der Waals surface area (Å²) >= 11 is 6.03. The minimum absolute atomic E-state index is 0. The first-order chi connectivity index (χ1) is 20.2. The van der Waals surface area contributed by atoms with Crippen LogP contribution in [-0.4, -0.2) is 77.5 Å². The lowest BCUT2D eigenvalue weighted by molar-refractivity contribution is -0.141. The molecule has 0 aromatic heterocycles. The molecule has 1 aliphatic carbocycles. The molecule has 4 aliphatic heterocycles. The van der Waals surface area contributed by atoms with E-state index in [1.807, 2.05) is 12.2 Å². The fraction of sp³-hybridized carbons (Fsp3) is 0.667. The highest BCUT2D eigenvalue weighted by molar-refractivity contribution is 6.30. The van der Waals surface area contributed by atoms with E-state index >= 15 is 0 Å². The normalized spacial score (nSPS) is 36.7. The van der Waals surface area contributed by atoms with Gasteiger partial charge >= 0.3 is 0 Å². The van der Waals surface area contributed by atoms with Crippen LogP contribution in [0.1, 0.15) is 59.3 Å². The summed E-state index contributed by atoms with van der Waals surface area (Å²) in [5.74, 6) is -0.478. The summed E-state index contributed by atoms with van der Waals surface area (Å²) < 4.78 is 6.53. The lowest BCUT2D eigenvalue weighted by Gasteiger charge is -2.38. The van der Waals surface area contributed by atoms with Crippen LogP contribution in [0.25, 0.3) is 0 Å². The van der Waals surface area contributed by atoms with E-state index in [-0.39, 0.29) is 36.2 Å². The summed E-state index contributed by atoms with van der Waals surface area (Å²) in [6.45, 7) is 10.2. The number of amides is 3. The molecular formula is C33H46Cl2N4O4. The molecule has 3 saturated heterocycles. The zero-order valence-corrected chi connectivity index (χ0v) is 27.0.